The smallest absolute Gasteiger partial charge is 0.417 e. The molecule has 0 aliphatic heterocycles. The quantitative estimate of drug-likeness (QED) is 0.803. The van der Waals surface area contributed by atoms with Gasteiger partial charge in [-0.15, -0.1) is 0 Å². The number of hydrogen-bond acceptors (Lipinski definition) is 1. The minimum atomic E-state index is -4.77. The number of aromatic carboxylic acids is 1. The molecular formula is C14H7ClF4O2. The molecule has 0 aromatic heterocycles. The van der Waals surface area contributed by atoms with Crippen molar-refractivity contribution in [3.8, 4) is 11.1 Å². The summed E-state index contributed by atoms with van der Waals surface area (Å²) in [6.07, 6.45) is -4.77. The average molecular weight is 319 g/mol. The van der Waals surface area contributed by atoms with Gasteiger partial charge in [0, 0.05) is 5.02 Å². The number of rotatable bonds is 2. The van der Waals surface area contributed by atoms with Gasteiger partial charge in [-0.05, 0) is 41.5 Å². The average Bonchev–Trinajstić information content (AvgIpc) is 2.36. The number of halogens is 5. The summed E-state index contributed by atoms with van der Waals surface area (Å²) in [5.41, 5.74) is -1.84. The lowest BCUT2D eigenvalue weighted by molar-refractivity contribution is -0.137. The van der Waals surface area contributed by atoms with Crippen LogP contribution in [0.2, 0.25) is 5.02 Å². The Bertz CT molecular complexity index is 711. The summed E-state index contributed by atoms with van der Waals surface area (Å²) in [5.74, 6) is -2.36. The summed E-state index contributed by atoms with van der Waals surface area (Å²) in [6.45, 7) is 0. The molecular weight excluding hydrogens is 312 g/mol. The van der Waals surface area contributed by atoms with Gasteiger partial charge in [0.05, 0.1) is 11.1 Å². The second-order valence-electron chi connectivity index (χ2n) is 4.22. The number of hydrogen-bond donors (Lipinski definition) is 1. The molecule has 0 fully saturated rings. The van der Waals surface area contributed by atoms with Crippen LogP contribution in [0.25, 0.3) is 11.1 Å². The molecule has 2 nitrogen and oxygen atoms in total. The summed E-state index contributed by atoms with van der Waals surface area (Å²) in [6, 6.07) is 5.52. The second kappa shape index (κ2) is 5.37. The van der Waals surface area contributed by atoms with E-state index in [0.717, 1.165) is 24.3 Å². The molecule has 0 bridgehead atoms. The number of carboxylic acids is 1. The number of alkyl halides is 3. The standard InChI is InChI=1S/C14H7ClF4O2/c15-9-4-7(3-8(5-9)13(20)21)11-2-1-10(16)6-12(11)14(17,18)19/h1-6H,(H,20,21). The van der Waals surface area contributed by atoms with Gasteiger partial charge in [0.15, 0.2) is 0 Å². The Morgan fingerprint density at radius 3 is 2.33 bits per heavy atom. The van der Waals surface area contributed by atoms with Gasteiger partial charge < -0.3 is 5.11 Å². The molecule has 0 radical (unpaired) electrons. The highest BCUT2D eigenvalue weighted by Crippen LogP contribution is 2.38. The van der Waals surface area contributed by atoms with Gasteiger partial charge in [-0.2, -0.15) is 13.2 Å². The van der Waals surface area contributed by atoms with Crippen molar-refractivity contribution in [3.05, 3.63) is 58.4 Å². The Morgan fingerprint density at radius 1 is 1.10 bits per heavy atom. The zero-order chi connectivity index (χ0) is 15.8. The predicted molar refractivity (Wildman–Crippen MR) is 68.8 cm³/mol. The van der Waals surface area contributed by atoms with Crippen molar-refractivity contribution in [2.75, 3.05) is 0 Å². The van der Waals surface area contributed by atoms with Crippen LogP contribution in [0.3, 0.4) is 0 Å². The van der Waals surface area contributed by atoms with E-state index in [2.05, 4.69) is 0 Å². The highest BCUT2D eigenvalue weighted by molar-refractivity contribution is 6.31. The Hall–Kier alpha value is -2.08. The first-order chi connectivity index (χ1) is 9.68. The maximum atomic E-state index is 13.1. The first kappa shape index (κ1) is 15.3. The number of carboxylic acid groups (broad SMARTS) is 1. The first-order valence-electron chi connectivity index (χ1n) is 5.59. The maximum absolute atomic E-state index is 13.1. The number of benzene rings is 2. The van der Waals surface area contributed by atoms with Crippen LogP contribution in [0.15, 0.2) is 36.4 Å². The fourth-order valence-corrected chi connectivity index (χ4v) is 2.11. The van der Waals surface area contributed by atoms with Crippen LogP contribution in [0.4, 0.5) is 17.6 Å². The molecule has 21 heavy (non-hydrogen) atoms. The van der Waals surface area contributed by atoms with Crippen LogP contribution in [0, 0.1) is 5.82 Å². The second-order valence-corrected chi connectivity index (χ2v) is 4.66. The molecule has 0 saturated carbocycles. The highest BCUT2D eigenvalue weighted by atomic mass is 35.5. The van der Waals surface area contributed by atoms with Crippen LogP contribution in [-0.4, -0.2) is 11.1 Å². The van der Waals surface area contributed by atoms with E-state index in [0.29, 0.717) is 6.07 Å². The SMILES string of the molecule is O=C(O)c1cc(Cl)cc(-c2ccc(F)cc2C(F)(F)F)c1. The van der Waals surface area contributed by atoms with Crippen molar-refractivity contribution in [3.63, 3.8) is 0 Å². The molecule has 110 valence electrons. The molecule has 1 N–H and O–H groups in total. The van der Waals surface area contributed by atoms with Crippen LogP contribution in [-0.2, 0) is 6.18 Å². The summed E-state index contributed by atoms with van der Waals surface area (Å²) < 4.78 is 51.9. The number of carbonyl (C=O) groups is 1. The van der Waals surface area contributed by atoms with Gasteiger partial charge in [0.25, 0.3) is 0 Å². The predicted octanol–water partition coefficient (Wildman–Crippen LogP) is 4.86. The molecule has 0 aliphatic rings. The maximum Gasteiger partial charge on any atom is 0.417 e. The fourth-order valence-electron chi connectivity index (χ4n) is 1.87. The zero-order valence-corrected chi connectivity index (χ0v) is 11.0. The summed E-state index contributed by atoms with van der Waals surface area (Å²) in [4.78, 5) is 10.9. The Morgan fingerprint density at radius 2 is 1.76 bits per heavy atom. The van der Waals surface area contributed by atoms with Crippen molar-refractivity contribution in [1.82, 2.24) is 0 Å². The Balaban J connectivity index is 2.70. The molecule has 2 aromatic rings. The minimum Gasteiger partial charge on any atom is -0.478 e. The molecule has 0 atom stereocenters. The molecule has 0 saturated heterocycles. The first-order valence-corrected chi connectivity index (χ1v) is 5.97. The van der Waals surface area contributed by atoms with E-state index in [-0.39, 0.29) is 21.7 Å². The summed E-state index contributed by atoms with van der Waals surface area (Å²) >= 11 is 5.72. The minimum absolute atomic E-state index is 0.0256. The highest BCUT2D eigenvalue weighted by Gasteiger charge is 2.34. The topological polar surface area (TPSA) is 37.3 Å². The van der Waals surface area contributed by atoms with Gasteiger partial charge in [-0.25, -0.2) is 9.18 Å². The van der Waals surface area contributed by atoms with Gasteiger partial charge in [-0.1, -0.05) is 17.7 Å². The van der Waals surface area contributed by atoms with Crippen LogP contribution in [0.1, 0.15) is 15.9 Å². The van der Waals surface area contributed by atoms with Gasteiger partial charge >= 0.3 is 12.1 Å². The monoisotopic (exact) mass is 318 g/mol. The molecule has 7 heteroatoms. The zero-order valence-electron chi connectivity index (χ0n) is 10.2. The van der Waals surface area contributed by atoms with E-state index in [1.807, 2.05) is 0 Å². The van der Waals surface area contributed by atoms with Crippen LogP contribution < -0.4 is 0 Å². The van der Waals surface area contributed by atoms with E-state index in [1.165, 1.54) is 6.07 Å². The van der Waals surface area contributed by atoms with E-state index < -0.39 is 23.5 Å². The van der Waals surface area contributed by atoms with Crippen molar-refractivity contribution >= 4 is 17.6 Å². The van der Waals surface area contributed by atoms with Crippen molar-refractivity contribution in [2.24, 2.45) is 0 Å². The third kappa shape index (κ3) is 3.33. The lowest BCUT2D eigenvalue weighted by Crippen LogP contribution is -2.08. The molecule has 0 unspecified atom stereocenters. The summed E-state index contributed by atoms with van der Waals surface area (Å²) in [5, 5.41) is 8.89. The molecule has 0 amide bonds. The van der Waals surface area contributed by atoms with E-state index in [1.54, 1.807) is 0 Å². The van der Waals surface area contributed by atoms with E-state index in [9.17, 15) is 22.4 Å². The van der Waals surface area contributed by atoms with Crippen LogP contribution >= 0.6 is 11.6 Å². The van der Waals surface area contributed by atoms with Gasteiger partial charge in [0.1, 0.15) is 5.82 Å². The molecule has 0 spiro atoms. The third-order valence-electron chi connectivity index (χ3n) is 2.74. The third-order valence-corrected chi connectivity index (χ3v) is 2.96. The lowest BCUT2D eigenvalue weighted by atomic mass is 9.97. The van der Waals surface area contributed by atoms with Crippen molar-refractivity contribution in [2.45, 2.75) is 6.18 Å². The Labute approximate surface area is 121 Å². The van der Waals surface area contributed by atoms with Crippen LogP contribution in [0.5, 0.6) is 0 Å². The molecule has 0 heterocycles. The van der Waals surface area contributed by atoms with Crippen molar-refractivity contribution in [1.29, 1.82) is 0 Å². The van der Waals surface area contributed by atoms with Gasteiger partial charge in [-0.3, -0.25) is 0 Å². The molecule has 2 rings (SSSR count). The largest absolute Gasteiger partial charge is 0.478 e. The van der Waals surface area contributed by atoms with Crippen molar-refractivity contribution < 1.29 is 27.5 Å². The lowest BCUT2D eigenvalue weighted by Gasteiger charge is -2.14. The fraction of sp³-hybridized carbons (Fsp3) is 0.0714. The molecule has 2 aromatic carbocycles. The Kier molecular flexibility index (Phi) is 3.91. The van der Waals surface area contributed by atoms with E-state index in [4.69, 9.17) is 16.7 Å². The normalized spacial score (nSPS) is 11.5. The summed E-state index contributed by atoms with van der Waals surface area (Å²) in [7, 11) is 0. The van der Waals surface area contributed by atoms with E-state index >= 15 is 0 Å². The molecule has 0 aliphatic carbocycles. The van der Waals surface area contributed by atoms with Gasteiger partial charge in [0.2, 0.25) is 0 Å².